The Labute approximate surface area is 88.7 Å². The number of thiazole rings is 1. The first kappa shape index (κ1) is 10.1. The first-order valence-electron chi connectivity index (χ1n) is 5.25. The van der Waals surface area contributed by atoms with Crippen LogP contribution < -0.4 is 11.1 Å². The van der Waals surface area contributed by atoms with E-state index in [2.05, 4.69) is 10.3 Å². The molecular weight excluding hydrogens is 194 g/mol. The van der Waals surface area contributed by atoms with Crippen LogP contribution in [-0.4, -0.2) is 24.6 Å². The summed E-state index contributed by atoms with van der Waals surface area (Å²) in [5.41, 5.74) is 5.52. The van der Waals surface area contributed by atoms with Gasteiger partial charge < -0.3 is 11.1 Å². The van der Waals surface area contributed by atoms with E-state index in [1.54, 1.807) is 0 Å². The molecule has 0 unspecified atom stereocenters. The lowest BCUT2D eigenvalue weighted by Gasteiger charge is -2.20. The van der Waals surface area contributed by atoms with Gasteiger partial charge in [0.2, 0.25) is 0 Å². The van der Waals surface area contributed by atoms with E-state index in [9.17, 15) is 0 Å². The molecule has 0 amide bonds. The molecule has 0 saturated carbocycles. The SMILES string of the molecule is NCCc1cnc(C2CCNCC2)s1. The molecule has 1 aromatic heterocycles. The van der Waals surface area contributed by atoms with Crippen molar-refractivity contribution in [3.8, 4) is 0 Å². The third-order valence-corrected chi connectivity index (χ3v) is 3.87. The molecule has 3 nitrogen and oxygen atoms in total. The standard InChI is InChI=1S/C10H17N3S/c11-4-1-9-7-13-10(14-9)8-2-5-12-6-3-8/h7-8,12H,1-6,11H2. The van der Waals surface area contributed by atoms with Crippen LogP contribution in [0.4, 0.5) is 0 Å². The van der Waals surface area contributed by atoms with E-state index in [0.29, 0.717) is 5.92 Å². The van der Waals surface area contributed by atoms with Crippen LogP contribution >= 0.6 is 11.3 Å². The van der Waals surface area contributed by atoms with E-state index in [1.165, 1.54) is 22.7 Å². The Kier molecular flexibility index (Phi) is 3.50. The molecule has 0 atom stereocenters. The Morgan fingerprint density at radius 3 is 3.00 bits per heavy atom. The van der Waals surface area contributed by atoms with Gasteiger partial charge in [-0.3, -0.25) is 0 Å². The second kappa shape index (κ2) is 4.87. The lowest BCUT2D eigenvalue weighted by Crippen LogP contribution is -2.26. The highest BCUT2D eigenvalue weighted by Gasteiger charge is 2.17. The van der Waals surface area contributed by atoms with Crippen molar-refractivity contribution >= 4 is 11.3 Å². The lowest BCUT2D eigenvalue weighted by atomic mass is 9.99. The third kappa shape index (κ3) is 2.32. The minimum Gasteiger partial charge on any atom is -0.330 e. The van der Waals surface area contributed by atoms with Gasteiger partial charge >= 0.3 is 0 Å². The molecule has 14 heavy (non-hydrogen) atoms. The molecule has 4 heteroatoms. The summed E-state index contributed by atoms with van der Waals surface area (Å²) in [7, 11) is 0. The average molecular weight is 211 g/mol. The molecule has 0 bridgehead atoms. The zero-order valence-electron chi connectivity index (χ0n) is 8.33. The molecule has 2 heterocycles. The molecule has 3 N–H and O–H groups in total. The van der Waals surface area contributed by atoms with Crippen LogP contribution in [0.3, 0.4) is 0 Å². The Morgan fingerprint density at radius 2 is 2.29 bits per heavy atom. The average Bonchev–Trinajstić information content (AvgIpc) is 2.68. The zero-order chi connectivity index (χ0) is 9.80. The fourth-order valence-electron chi connectivity index (χ4n) is 1.84. The molecular formula is C10H17N3S. The number of nitrogens with two attached hydrogens (primary N) is 1. The molecule has 0 radical (unpaired) electrons. The first-order valence-corrected chi connectivity index (χ1v) is 6.07. The van der Waals surface area contributed by atoms with Crippen LogP contribution in [0, 0.1) is 0 Å². The molecule has 1 fully saturated rings. The predicted molar refractivity (Wildman–Crippen MR) is 59.7 cm³/mol. The number of hydrogen-bond donors (Lipinski definition) is 2. The summed E-state index contributed by atoms with van der Waals surface area (Å²) in [4.78, 5) is 5.83. The number of nitrogens with one attached hydrogen (secondary N) is 1. The number of nitrogens with zero attached hydrogens (tertiary/aromatic N) is 1. The van der Waals surface area contributed by atoms with Crippen molar-refractivity contribution < 1.29 is 0 Å². The Morgan fingerprint density at radius 1 is 1.50 bits per heavy atom. The predicted octanol–water partition coefficient (Wildman–Crippen LogP) is 1.11. The van der Waals surface area contributed by atoms with Crippen LogP contribution in [0.1, 0.15) is 28.6 Å². The van der Waals surface area contributed by atoms with Crippen molar-refractivity contribution in [2.24, 2.45) is 5.73 Å². The Balaban J connectivity index is 2.00. The van der Waals surface area contributed by atoms with E-state index in [1.807, 2.05) is 17.5 Å². The van der Waals surface area contributed by atoms with E-state index in [4.69, 9.17) is 5.73 Å². The first-order chi connectivity index (χ1) is 6.90. The van der Waals surface area contributed by atoms with Gasteiger partial charge in [0.1, 0.15) is 0 Å². The molecule has 1 aromatic rings. The highest BCUT2D eigenvalue weighted by Crippen LogP contribution is 2.28. The topological polar surface area (TPSA) is 50.9 Å². The molecule has 1 aliphatic rings. The molecule has 0 aromatic carbocycles. The molecule has 1 aliphatic heterocycles. The lowest BCUT2D eigenvalue weighted by molar-refractivity contribution is 0.459. The van der Waals surface area contributed by atoms with E-state index in [0.717, 1.165) is 26.1 Å². The number of rotatable bonds is 3. The van der Waals surface area contributed by atoms with Crippen LogP contribution in [-0.2, 0) is 6.42 Å². The monoisotopic (exact) mass is 211 g/mol. The second-order valence-corrected chi connectivity index (χ2v) is 4.87. The van der Waals surface area contributed by atoms with Crippen molar-refractivity contribution in [3.05, 3.63) is 16.1 Å². The second-order valence-electron chi connectivity index (χ2n) is 3.73. The maximum absolute atomic E-state index is 5.52. The summed E-state index contributed by atoms with van der Waals surface area (Å²) in [6.07, 6.45) is 5.43. The van der Waals surface area contributed by atoms with Gasteiger partial charge in [-0.15, -0.1) is 11.3 Å². The van der Waals surface area contributed by atoms with Gasteiger partial charge in [-0.25, -0.2) is 4.98 Å². The summed E-state index contributed by atoms with van der Waals surface area (Å²) >= 11 is 1.85. The summed E-state index contributed by atoms with van der Waals surface area (Å²) in [6, 6.07) is 0. The molecule has 1 saturated heterocycles. The highest BCUT2D eigenvalue weighted by atomic mass is 32.1. The van der Waals surface area contributed by atoms with Crippen molar-refractivity contribution in [3.63, 3.8) is 0 Å². The van der Waals surface area contributed by atoms with Gasteiger partial charge in [-0.2, -0.15) is 0 Å². The zero-order valence-corrected chi connectivity index (χ0v) is 9.15. The Bertz CT molecular complexity index is 279. The number of aromatic nitrogens is 1. The van der Waals surface area contributed by atoms with E-state index >= 15 is 0 Å². The normalized spacial score (nSPS) is 18.6. The van der Waals surface area contributed by atoms with Crippen LogP contribution in [0.25, 0.3) is 0 Å². The number of hydrogen-bond acceptors (Lipinski definition) is 4. The van der Waals surface area contributed by atoms with Crippen molar-refractivity contribution in [1.29, 1.82) is 0 Å². The highest BCUT2D eigenvalue weighted by molar-refractivity contribution is 7.11. The quantitative estimate of drug-likeness (QED) is 0.787. The van der Waals surface area contributed by atoms with Crippen molar-refractivity contribution in [2.45, 2.75) is 25.2 Å². The van der Waals surface area contributed by atoms with Gasteiger partial charge in [0.15, 0.2) is 0 Å². The fraction of sp³-hybridized carbons (Fsp3) is 0.700. The van der Waals surface area contributed by atoms with E-state index in [-0.39, 0.29) is 0 Å². The summed E-state index contributed by atoms with van der Waals surface area (Å²) in [6.45, 7) is 3.00. The Hall–Kier alpha value is -0.450. The van der Waals surface area contributed by atoms with E-state index < -0.39 is 0 Å². The molecule has 0 aliphatic carbocycles. The molecule has 0 spiro atoms. The largest absolute Gasteiger partial charge is 0.330 e. The maximum atomic E-state index is 5.52. The van der Waals surface area contributed by atoms with Gasteiger partial charge in [0, 0.05) is 17.0 Å². The smallest absolute Gasteiger partial charge is 0.0959 e. The third-order valence-electron chi connectivity index (χ3n) is 2.65. The van der Waals surface area contributed by atoms with Crippen LogP contribution in [0.2, 0.25) is 0 Å². The minimum atomic E-state index is 0.688. The van der Waals surface area contributed by atoms with Crippen LogP contribution in [0.5, 0.6) is 0 Å². The summed E-state index contributed by atoms with van der Waals surface area (Å²) in [5.74, 6) is 0.688. The van der Waals surface area contributed by atoms with Crippen molar-refractivity contribution in [1.82, 2.24) is 10.3 Å². The molecule has 2 rings (SSSR count). The van der Waals surface area contributed by atoms with Gasteiger partial charge in [-0.1, -0.05) is 0 Å². The van der Waals surface area contributed by atoms with Crippen molar-refractivity contribution in [2.75, 3.05) is 19.6 Å². The number of piperidine rings is 1. The maximum Gasteiger partial charge on any atom is 0.0959 e. The van der Waals surface area contributed by atoms with Gasteiger partial charge in [0.05, 0.1) is 5.01 Å². The summed E-state index contributed by atoms with van der Waals surface area (Å²) < 4.78 is 0. The van der Waals surface area contributed by atoms with Gasteiger partial charge in [0.25, 0.3) is 0 Å². The summed E-state index contributed by atoms with van der Waals surface area (Å²) in [5, 5.41) is 4.69. The van der Waals surface area contributed by atoms with Crippen LogP contribution in [0.15, 0.2) is 6.20 Å². The fourth-order valence-corrected chi connectivity index (χ4v) is 2.94. The minimum absolute atomic E-state index is 0.688. The molecule has 78 valence electrons. The van der Waals surface area contributed by atoms with Gasteiger partial charge in [-0.05, 0) is 38.9 Å².